The summed E-state index contributed by atoms with van der Waals surface area (Å²) in [4.78, 5) is 28.5. The minimum atomic E-state index is -1.38. The van der Waals surface area contributed by atoms with Crippen LogP contribution in [0.5, 0.6) is 5.75 Å². The Morgan fingerprint density at radius 1 is 1.09 bits per heavy atom. The quantitative estimate of drug-likeness (QED) is 0.602. The summed E-state index contributed by atoms with van der Waals surface area (Å²) < 4.78 is 0. The van der Waals surface area contributed by atoms with Crippen molar-refractivity contribution in [1.29, 1.82) is 0 Å². The lowest BCUT2D eigenvalue weighted by atomic mass is 9.96. The average Bonchev–Trinajstić information content (AvgIpc) is 2.83. The second-order valence-corrected chi connectivity index (χ2v) is 8.62. The van der Waals surface area contributed by atoms with Gasteiger partial charge in [-0.05, 0) is 49.6 Å². The molecular weight excluding hydrogens is 416 g/mol. The smallest absolute Gasteiger partial charge is 0.277 e. The molecule has 1 aromatic heterocycles. The van der Waals surface area contributed by atoms with Crippen molar-refractivity contribution in [1.82, 2.24) is 9.97 Å². The van der Waals surface area contributed by atoms with E-state index >= 15 is 0 Å². The zero-order chi connectivity index (χ0) is 23.6. The van der Waals surface area contributed by atoms with E-state index in [4.69, 9.17) is 9.97 Å². The molecule has 0 atom stereocenters. The highest BCUT2D eigenvalue weighted by molar-refractivity contribution is 6.00. The maximum atomic E-state index is 12.5. The summed E-state index contributed by atoms with van der Waals surface area (Å²) in [6.45, 7) is 6.93. The van der Waals surface area contributed by atoms with Gasteiger partial charge in [0.1, 0.15) is 17.2 Å². The Kier molecular flexibility index (Phi) is 6.42. The summed E-state index contributed by atoms with van der Waals surface area (Å²) in [5.74, 6) is 0.983. The molecule has 0 radical (unpaired) electrons. The van der Waals surface area contributed by atoms with Crippen LogP contribution in [0.15, 0.2) is 47.5 Å². The summed E-state index contributed by atoms with van der Waals surface area (Å²) >= 11 is 0. The zero-order valence-electron chi connectivity index (χ0n) is 19.4. The van der Waals surface area contributed by atoms with Crippen LogP contribution in [0.25, 0.3) is 22.3 Å². The van der Waals surface area contributed by atoms with Crippen LogP contribution in [0.1, 0.15) is 45.1 Å². The number of amides is 1. The van der Waals surface area contributed by atoms with Gasteiger partial charge in [0, 0.05) is 37.0 Å². The maximum absolute atomic E-state index is 12.5. The topological polar surface area (TPSA) is 98.9 Å². The van der Waals surface area contributed by atoms with Crippen molar-refractivity contribution >= 4 is 28.3 Å². The van der Waals surface area contributed by atoms with Crippen LogP contribution in [0.2, 0.25) is 0 Å². The van der Waals surface area contributed by atoms with E-state index in [-0.39, 0.29) is 5.75 Å². The van der Waals surface area contributed by atoms with Crippen molar-refractivity contribution in [3.63, 3.8) is 0 Å². The summed E-state index contributed by atoms with van der Waals surface area (Å²) in [6.07, 6.45) is 1.95. The van der Waals surface area contributed by atoms with E-state index in [1.54, 1.807) is 26.0 Å². The number of benzene rings is 2. The molecule has 1 fully saturated rings. The Hall–Kier alpha value is -3.32. The van der Waals surface area contributed by atoms with Crippen molar-refractivity contribution in [2.45, 2.75) is 52.1 Å². The molecule has 4 rings (SSSR count). The molecule has 0 saturated carbocycles. The number of para-hydroxylation sites is 1. The van der Waals surface area contributed by atoms with Crippen LogP contribution < -0.4 is 4.90 Å². The van der Waals surface area contributed by atoms with Gasteiger partial charge in [0.2, 0.25) is 0 Å². The molecule has 7 nitrogen and oxygen atoms in total. The second kappa shape index (κ2) is 9.27. The number of aromatic hydroxyl groups is 1. The minimum absolute atomic E-state index is 0.140. The van der Waals surface area contributed by atoms with Crippen LogP contribution >= 0.6 is 0 Å². The van der Waals surface area contributed by atoms with Crippen LogP contribution in [-0.4, -0.2) is 50.5 Å². The summed E-state index contributed by atoms with van der Waals surface area (Å²) in [6, 6.07) is 13.2. The first-order chi connectivity index (χ1) is 15.8. The molecule has 1 aliphatic heterocycles. The number of hydrogen-bond donors (Lipinski definition) is 2. The summed E-state index contributed by atoms with van der Waals surface area (Å²) in [7, 11) is 0. The maximum Gasteiger partial charge on any atom is 0.277 e. The average molecular weight is 447 g/mol. The first-order valence-electron chi connectivity index (χ1n) is 11.5. The van der Waals surface area contributed by atoms with Crippen LogP contribution in [0.4, 0.5) is 5.82 Å². The predicted molar refractivity (Wildman–Crippen MR) is 131 cm³/mol. The van der Waals surface area contributed by atoms with Crippen LogP contribution in [0.3, 0.4) is 0 Å². The Balaban J connectivity index is 1.66. The standard InChI is InChI=1S/C26H30N4O3/c1-4-26(33,5-2)25(32)27-18-12-14-30(15-13-18)24-19-11-10-17(3)16-21(19)28-23(29-24)20-8-6-7-9-22(20)31/h6-11,16,31,33H,4-5,12-15H2,1-3H3. The molecule has 2 heterocycles. The van der Waals surface area contributed by atoms with E-state index in [1.165, 1.54) is 0 Å². The van der Waals surface area contributed by atoms with Crippen molar-refractivity contribution in [2.75, 3.05) is 18.0 Å². The largest absolute Gasteiger partial charge is 0.507 e. The highest BCUT2D eigenvalue weighted by Crippen LogP contribution is 2.33. The van der Waals surface area contributed by atoms with Gasteiger partial charge in [0.05, 0.1) is 11.1 Å². The predicted octanol–water partition coefficient (Wildman–Crippen LogP) is 4.43. The number of nitrogens with zero attached hydrogens (tertiary/aromatic N) is 4. The van der Waals surface area contributed by atoms with E-state index in [9.17, 15) is 15.0 Å². The molecule has 1 aliphatic rings. The number of hydrogen-bond acceptors (Lipinski definition) is 6. The Morgan fingerprint density at radius 3 is 2.45 bits per heavy atom. The Morgan fingerprint density at radius 2 is 1.79 bits per heavy atom. The third-order valence-corrected chi connectivity index (χ3v) is 6.44. The number of phenolic OH excluding ortho intramolecular Hbond substituents is 1. The van der Waals surface area contributed by atoms with Gasteiger partial charge in [0.15, 0.2) is 5.82 Å². The van der Waals surface area contributed by atoms with Gasteiger partial charge in [-0.15, -0.1) is 0 Å². The molecule has 33 heavy (non-hydrogen) atoms. The second-order valence-electron chi connectivity index (χ2n) is 8.62. The highest BCUT2D eigenvalue weighted by atomic mass is 16.3. The van der Waals surface area contributed by atoms with E-state index in [1.807, 2.05) is 37.3 Å². The van der Waals surface area contributed by atoms with E-state index < -0.39 is 11.5 Å². The lowest BCUT2D eigenvalue weighted by molar-refractivity contribution is -0.136. The Labute approximate surface area is 193 Å². The monoisotopic (exact) mass is 446 g/mol. The van der Waals surface area contributed by atoms with E-state index in [2.05, 4.69) is 9.89 Å². The van der Waals surface area contributed by atoms with Crippen LogP contribution in [-0.2, 0) is 4.79 Å². The number of aromatic nitrogens is 2. The van der Waals surface area contributed by atoms with E-state index in [0.29, 0.717) is 50.2 Å². The fourth-order valence-corrected chi connectivity index (χ4v) is 4.14. The van der Waals surface area contributed by atoms with Gasteiger partial charge in [0.25, 0.3) is 5.91 Å². The molecule has 1 amide bonds. The third kappa shape index (κ3) is 4.59. The van der Waals surface area contributed by atoms with Crippen molar-refractivity contribution in [2.24, 2.45) is 4.99 Å². The normalized spacial score (nSPS) is 14.5. The number of aryl methyl sites for hydroxylation is 1. The molecule has 2 N–H and O–H groups in total. The number of rotatable bonds is 5. The molecular formula is C26H30N4O3. The first kappa shape index (κ1) is 22.9. The van der Waals surface area contributed by atoms with Gasteiger partial charge in [-0.25, -0.2) is 15.0 Å². The third-order valence-electron chi connectivity index (χ3n) is 6.44. The molecule has 7 heteroatoms. The molecule has 0 unspecified atom stereocenters. The number of anilines is 1. The molecule has 1 saturated heterocycles. The molecule has 3 aromatic rings. The lowest BCUT2D eigenvalue weighted by Gasteiger charge is -2.30. The molecule has 0 bridgehead atoms. The number of carbonyl (C=O) groups is 1. The Bertz CT molecular complexity index is 1210. The van der Waals surface area contributed by atoms with Gasteiger partial charge in [-0.3, -0.25) is 4.79 Å². The number of piperidine rings is 1. The summed E-state index contributed by atoms with van der Waals surface area (Å²) in [5.41, 5.74) is 1.94. The summed E-state index contributed by atoms with van der Waals surface area (Å²) in [5, 5.41) is 21.8. The molecule has 2 aromatic carbocycles. The fraction of sp³-hybridized carbons (Fsp3) is 0.385. The molecule has 0 spiro atoms. The van der Waals surface area contributed by atoms with Gasteiger partial charge in [-0.2, -0.15) is 0 Å². The van der Waals surface area contributed by atoms with Crippen molar-refractivity contribution in [3.8, 4) is 17.1 Å². The van der Waals surface area contributed by atoms with Crippen molar-refractivity contribution in [3.05, 3.63) is 48.0 Å². The minimum Gasteiger partial charge on any atom is -0.507 e. The molecule has 172 valence electrons. The number of aliphatic hydroxyl groups is 1. The molecule has 0 aliphatic carbocycles. The van der Waals surface area contributed by atoms with Gasteiger partial charge >= 0.3 is 0 Å². The number of aliphatic imine (C=N–C) groups is 1. The highest BCUT2D eigenvalue weighted by Gasteiger charge is 2.32. The van der Waals surface area contributed by atoms with E-state index in [0.717, 1.165) is 28.0 Å². The SMILES string of the molecule is CCC(O)(CC)C(=O)N=C1CCN(c2nc(-c3ccccc3O)nc3cc(C)ccc23)CC1. The van der Waals surface area contributed by atoms with Crippen molar-refractivity contribution < 1.29 is 15.0 Å². The number of phenols is 1. The van der Waals surface area contributed by atoms with Crippen LogP contribution in [0, 0.1) is 6.92 Å². The lowest BCUT2D eigenvalue weighted by Crippen LogP contribution is -2.39. The fourth-order valence-electron chi connectivity index (χ4n) is 4.14. The van der Waals surface area contributed by atoms with Gasteiger partial charge in [-0.1, -0.05) is 32.0 Å². The zero-order valence-corrected chi connectivity index (χ0v) is 19.4. The number of fused-ring (bicyclic) bond motifs is 1. The first-order valence-corrected chi connectivity index (χ1v) is 11.5. The number of carbonyl (C=O) groups excluding carboxylic acids is 1. The van der Waals surface area contributed by atoms with Gasteiger partial charge < -0.3 is 15.1 Å².